The highest BCUT2D eigenvalue weighted by molar-refractivity contribution is 5.82. The van der Waals surface area contributed by atoms with Gasteiger partial charge in [0.1, 0.15) is 0 Å². The Morgan fingerprint density at radius 1 is 0.750 bits per heavy atom. The first-order valence-corrected chi connectivity index (χ1v) is 9.67. The fourth-order valence-electron chi connectivity index (χ4n) is 3.58. The Hall–Kier alpha value is -2.88. The Morgan fingerprint density at radius 3 is 2.29 bits per heavy atom. The molecular formula is C24H26N4. The molecule has 0 atom stereocenters. The van der Waals surface area contributed by atoms with Gasteiger partial charge in [-0.25, -0.2) is 0 Å². The van der Waals surface area contributed by atoms with Crippen LogP contribution in [0, 0.1) is 0 Å². The molecule has 0 amide bonds. The van der Waals surface area contributed by atoms with Gasteiger partial charge < -0.3 is 0 Å². The quantitative estimate of drug-likeness (QED) is 0.485. The van der Waals surface area contributed by atoms with E-state index < -0.39 is 0 Å². The third-order valence-corrected chi connectivity index (χ3v) is 5.43. The van der Waals surface area contributed by atoms with Crippen LogP contribution in [0.25, 0.3) is 21.8 Å². The molecule has 4 heterocycles. The molecule has 142 valence electrons. The zero-order valence-electron chi connectivity index (χ0n) is 17.2. The molecule has 0 bridgehead atoms. The normalized spacial score (nSPS) is 12.6. The lowest BCUT2D eigenvalue weighted by molar-refractivity contribution is 0.522. The molecule has 0 aliphatic heterocycles. The summed E-state index contributed by atoms with van der Waals surface area (Å²) in [4.78, 5) is 18.1. The van der Waals surface area contributed by atoms with Crippen LogP contribution in [0.2, 0.25) is 0 Å². The van der Waals surface area contributed by atoms with Crippen LogP contribution < -0.4 is 0 Å². The van der Waals surface area contributed by atoms with Gasteiger partial charge in [0.25, 0.3) is 0 Å². The van der Waals surface area contributed by atoms with Gasteiger partial charge in [0.05, 0.1) is 17.2 Å². The van der Waals surface area contributed by atoms with Crippen molar-refractivity contribution >= 4 is 21.8 Å². The lowest BCUT2D eigenvalue weighted by Gasteiger charge is -2.26. The molecule has 28 heavy (non-hydrogen) atoms. The van der Waals surface area contributed by atoms with E-state index in [-0.39, 0.29) is 10.8 Å². The van der Waals surface area contributed by atoms with Crippen molar-refractivity contribution in [3.63, 3.8) is 0 Å². The van der Waals surface area contributed by atoms with Gasteiger partial charge in [-0.15, -0.1) is 0 Å². The van der Waals surface area contributed by atoms with Gasteiger partial charge in [-0.3, -0.25) is 19.9 Å². The van der Waals surface area contributed by atoms with E-state index in [0.717, 1.165) is 33.8 Å². The summed E-state index contributed by atoms with van der Waals surface area (Å²) < 4.78 is 0. The molecule has 4 rings (SSSR count). The molecule has 4 nitrogen and oxygen atoms in total. The van der Waals surface area contributed by atoms with E-state index in [4.69, 9.17) is 4.98 Å². The third kappa shape index (κ3) is 3.47. The topological polar surface area (TPSA) is 51.6 Å². The van der Waals surface area contributed by atoms with Crippen molar-refractivity contribution in [2.45, 2.75) is 51.9 Å². The van der Waals surface area contributed by atoms with Gasteiger partial charge in [-0.1, -0.05) is 34.6 Å². The molecule has 0 aromatic carbocycles. The Morgan fingerprint density at radius 2 is 1.50 bits per heavy atom. The minimum absolute atomic E-state index is 0.0715. The molecule has 0 aliphatic carbocycles. The van der Waals surface area contributed by atoms with Crippen molar-refractivity contribution in [3.8, 4) is 0 Å². The number of nitrogens with zero attached hydrogens (tertiary/aromatic N) is 4. The number of hydrogen-bond acceptors (Lipinski definition) is 4. The van der Waals surface area contributed by atoms with E-state index >= 15 is 0 Å². The average molecular weight is 371 g/mol. The summed E-state index contributed by atoms with van der Waals surface area (Å²) in [6, 6.07) is 6.45. The summed E-state index contributed by atoms with van der Waals surface area (Å²) in [5, 5.41) is 2.22. The van der Waals surface area contributed by atoms with Crippen LogP contribution in [-0.2, 0) is 17.3 Å². The van der Waals surface area contributed by atoms with Crippen LogP contribution >= 0.6 is 0 Å². The maximum absolute atomic E-state index is 4.81. The molecule has 0 saturated heterocycles. The van der Waals surface area contributed by atoms with Gasteiger partial charge >= 0.3 is 0 Å². The lowest BCUT2D eigenvalue weighted by Crippen LogP contribution is -2.21. The smallest absolute Gasteiger partial charge is 0.0885 e. The predicted molar refractivity (Wildman–Crippen MR) is 115 cm³/mol. The Kier molecular flexibility index (Phi) is 4.37. The van der Waals surface area contributed by atoms with Crippen molar-refractivity contribution < 1.29 is 0 Å². The van der Waals surface area contributed by atoms with Crippen molar-refractivity contribution in [3.05, 3.63) is 72.1 Å². The largest absolute Gasteiger partial charge is 0.264 e. The van der Waals surface area contributed by atoms with E-state index in [1.165, 1.54) is 11.1 Å². The maximum Gasteiger partial charge on any atom is 0.0885 e. The number of rotatable bonds is 3. The third-order valence-electron chi connectivity index (χ3n) is 5.43. The zero-order chi connectivity index (χ0) is 19.9. The summed E-state index contributed by atoms with van der Waals surface area (Å²) in [6.45, 7) is 11.1. The standard InChI is InChI=1S/C24H26N4/c1-23(2,3)19-9-17-11-26-12-18(22(17)28-13-19)10-24(4,5)20-8-16-6-7-25-15-21(16)27-14-20/h6-9,11-15H,10H2,1-5H3. The van der Waals surface area contributed by atoms with E-state index in [1.807, 2.05) is 37.1 Å². The SMILES string of the molecule is CC(C)(C)c1cnc2c(CC(C)(C)c3cnc4cnccc4c3)cncc2c1. The average Bonchev–Trinajstić information content (AvgIpc) is 2.66. The van der Waals surface area contributed by atoms with Crippen LogP contribution in [0.5, 0.6) is 0 Å². The number of fused-ring (bicyclic) bond motifs is 2. The van der Waals surface area contributed by atoms with E-state index in [9.17, 15) is 0 Å². The van der Waals surface area contributed by atoms with Gasteiger partial charge in [0.15, 0.2) is 0 Å². The number of aromatic nitrogens is 4. The van der Waals surface area contributed by atoms with Crippen molar-refractivity contribution in [1.29, 1.82) is 0 Å². The van der Waals surface area contributed by atoms with E-state index in [1.54, 1.807) is 6.20 Å². The molecule has 0 fully saturated rings. The van der Waals surface area contributed by atoms with Gasteiger partial charge in [-0.2, -0.15) is 0 Å². The molecule has 0 N–H and O–H groups in total. The Bertz CT molecular complexity index is 1160. The molecule has 0 radical (unpaired) electrons. The first-order valence-electron chi connectivity index (χ1n) is 9.67. The monoisotopic (exact) mass is 370 g/mol. The zero-order valence-corrected chi connectivity index (χ0v) is 17.2. The van der Waals surface area contributed by atoms with Crippen molar-refractivity contribution in [2.24, 2.45) is 0 Å². The first-order chi connectivity index (χ1) is 13.2. The summed E-state index contributed by atoms with van der Waals surface area (Å²) in [6.07, 6.45) is 12.3. The minimum Gasteiger partial charge on any atom is -0.264 e. The first kappa shape index (κ1) is 18.5. The summed E-state index contributed by atoms with van der Waals surface area (Å²) >= 11 is 0. The Balaban J connectivity index is 1.73. The highest BCUT2D eigenvalue weighted by atomic mass is 14.7. The number of pyridine rings is 4. The fraction of sp³-hybridized carbons (Fsp3) is 0.333. The van der Waals surface area contributed by atoms with Crippen molar-refractivity contribution in [2.75, 3.05) is 0 Å². The molecule has 0 unspecified atom stereocenters. The second-order valence-electron chi connectivity index (χ2n) is 9.20. The van der Waals surface area contributed by atoms with Crippen LogP contribution in [0.15, 0.2) is 55.4 Å². The molecule has 4 aromatic rings. The summed E-state index contributed by atoms with van der Waals surface area (Å²) in [5.41, 5.74) is 5.53. The second-order valence-corrected chi connectivity index (χ2v) is 9.20. The molecule has 0 aliphatic rings. The second kappa shape index (κ2) is 6.62. The lowest BCUT2D eigenvalue weighted by atomic mass is 9.79. The van der Waals surface area contributed by atoms with Crippen LogP contribution in [0.4, 0.5) is 0 Å². The summed E-state index contributed by atoms with van der Waals surface area (Å²) in [7, 11) is 0. The fourth-order valence-corrected chi connectivity index (χ4v) is 3.58. The molecule has 4 heteroatoms. The summed E-state index contributed by atoms with van der Waals surface area (Å²) in [5.74, 6) is 0. The molecule has 0 spiro atoms. The van der Waals surface area contributed by atoms with Crippen LogP contribution in [0.3, 0.4) is 0 Å². The van der Waals surface area contributed by atoms with Crippen LogP contribution in [-0.4, -0.2) is 19.9 Å². The highest BCUT2D eigenvalue weighted by Crippen LogP contribution is 2.32. The van der Waals surface area contributed by atoms with Gasteiger partial charge in [0.2, 0.25) is 0 Å². The minimum atomic E-state index is -0.0925. The maximum atomic E-state index is 4.81. The van der Waals surface area contributed by atoms with Gasteiger partial charge in [0, 0.05) is 41.8 Å². The van der Waals surface area contributed by atoms with Crippen LogP contribution in [0.1, 0.15) is 51.3 Å². The molecule has 0 saturated carbocycles. The molecular weight excluding hydrogens is 344 g/mol. The Labute approximate surface area is 166 Å². The van der Waals surface area contributed by atoms with Gasteiger partial charge in [-0.05, 0) is 52.1 Å². The van der Waals surface area contributed by atoms with Crippen molar-refractivity contribution in [1.82, 2.24) is 19.9 Å². The van der Waals surface area contributed by atoms with E-state index in [2.05, 4.69) is 61.7 Å². The number of hydrogen-bond donors (Lipinski definition) is 0. The van der Waals surface area contributed by atoms with E-state index in [0.29, 0.717) is 0 Å². The predicted octanol–water partition coefficient (Wildman–Crippen LogP) is 5.39. The molecule has 4 aromatic heterocycles. The highest BCUT2D eigenvalue weighted by Gasteiger charge is 2.24.